The maximum Gasteiger partial charge on any atom is 0.410 e. The number of fused-ring (bicyclic) bond motifs is 1. The second kappa shape index (κ2) is 9.03. The Kier molecular flexibility index (Phi) is 6.36. The first-order chi connectivity index (χ1) is 17.3. The van der Waals surface area contributed by atoms with E-state index in [1.165, 1.54) is 29.5 Å². The lowest BCUT2D eigenvalue weighted by Gasteiger charge is -2.42. The predicted molar refractivity (Wildman–Crippen MR) is 151 cm³/mol. The van der Waals surface area contributed by atoms with Gasteiger partial charge in [0.1, 0.15) is 11.4 Å². The van der Waals surface area contributed by atoms with Gasteiger partial charge in [-0.1, -0.05) is 45.9 Å². The molecule has 2 aliphatic heterocycles. The van der Waals surface area contributed by atoms with Crippen LogP contribution in [-0.2, 0) is 15.6 Å². The van der Waals surface area contributed by atoms with Crippen LogP contribution >= 0.6 is 0 Å². The number of ether oxygens (including phenoxy) is 1. The van der Waals surface area contributed by atoms with Gasteiger partial charge in [0.15, 0.2) is 0 Å². The maximum atomic E-state index is 12.6. The largest absolute Gasteiger partial charge is 0.444 e. The Labute approximate surface area is 223 Å². The quantitative estimate of drug-likeness (QED) is 0.431. The van der Waals surface area contributed by atoms with Gasteiger partial charge < -0.3 is 14.5 Å². The molecule has 1 amide bonds. The number of piperidine rings is 1. The summed E-state index contributed by atoms with van der Waals surface area (Å²) in [4.78, 5) is 22.1. The fraction of sp³-hybridized carbons (Fsp3) is 0.625. The van der Waals surface area contributed by atoms with E-state index in [2.05, 4.69) is 69.0 Å². The molecule has 5 heteroatoms. The van der Waals surface area contributed by atoms with Gasteiger partial charge in [0.25, 0.3) is 0 Å². The first-order valence-corrected chi connectivity index (χ1v) is 14.1. The van der Waals surface area contributed by atoms with E-state index in [1.54, 1.807) is 0 Å². The lowest BCUT2D eigenvalue weighted by atomic mass is 9.63. The number of hydrogen-bond donors (Lipinski definition) is 0. The summed E-state index contributed by atoms with van der Waals surface area (Å²) in [6.45, 7) is 18.9. The molecule has 0 unspecified atom stereocenters. The summed E-state index contributed by atoms with van der Waals surface area (Å²) >= 11 is 0. The van der Waals surface area contributed by atoms with Crippen molar-refractivity contribution in [2.75, 3.05) is 31.1 Å². The number of hydrogen-bond acceptors (Lipinski definition) is 4. The minimum Gasteiger partial charge on any atom is -0.444 e. The van der Waals surface area contributed by atoms with Crippen molar-refractivity contribution >= 4 is 11.9 Å². The summed E-state index contributed by atoms with van der Waals surface area (Å²) in [5, 5.41) is 0. The molecular weight excluding hydrogens is 458 g/mol. The van der Waals surface area contributed by atoms with Crippen molar-refractivity contribution in [1.82, 2.24) is 9.88 Å². The van der Waals surface area contributed by atoms with Crippen LogP contribution in [0.5, 0.6) is 0 Å². The average molecular weight is 504 g/mol. The van der Waals surface area contributed by atoms with Gasteiger partial charge in [0, 0.05) is 31.7 Å². The van der Waals surface area contributed by atoms with Crippen LogP contribution in [0.2, 0.25) is 0 Å². The Morgan fingerprint density at radius 3 is 2.19 bits per heavy atom. The molecule has 200 valence electrons. The number of carbonyl (C=O) groups is 1. The maximum absolute atomic E-state index is 12.6. The van der Waals surface area contributed by atoms with E-state index in [0.29, 0.717) is 0 Å². The first kappa shape index (κ1) is 26.1. The second-order valence-electron chi connectivity index (χ2n) is 14.0. The Balaban J connectivity index is 1.29. The van der Waals surface area contributed by atoms with E-state index in [4.69, 9.17) is 9.72 Å². The zero-order valence-electron chi connectivity index (χ0n) is 24.0. The summed E-state index contributed by atoms with van der Waals surface area (Å²) in [5.74, 6) is 1.06. The number of carbonyl (C=O) groups excluding carboxylic acids is 1. The van der Waals surface area contributed by atoms with Crippen molar-refractivity contribution in [2.24, 2.45) is 5.41 Å². The summed E-state index contributed by atoms with van der Waals surface area (Å²) in [6, 6.07) is 13.5. The Bertz CT molecular complexity index is 1170. The third kappa shape index (κ3) is 5.24. The Hall–Kier alpha value is -2.56. The topological polar surface area (TPSA) is 45.7 Å². The van der Waals surface area contributed by atoms with Crippen LogP contribution in [0.3, 0.4) is 0 Å². The van der Waals surface area contributed by atoms with Crippen LogP contribution in [0, 0.1) is 5.41 Å². The standard InChI is InChI=1S/C32H45N3O2/c1-29(2,3)37-28(36)35-20-17-32(22-35)15-18-34(19-16-32)27-10-8-9-26(33-27)23-11-12-24-25(21-23)31(6,7)14-13-30(24,4)5/h8-12,21H,13-20,22H2,1-7H3. The number of anilines is 1. The average Bonchev–Trinajstić information content (AvgIpc) is 3.25. The highest BCUT2D eigenvalue weighted by Crippen LogP contribution is 2.47. The molecule has 0 bridgehead atoms. The van der Waals surface area contributed by atoms with Crippen molar-refractivity contribution in [3.8, 4) is 11.3 Å². The van der Waals surface area contributed by atoms with Gasteiger partial charge in [-0.25, -0.2) is 9.78 Å². The number of nitrogens with zero attached hydrogens (tertiary/aromatic N) is 3. The van der Waals surface area contributed by atoms with Crippen molar-refractivity contribution in [3.05, 3.63) is 47.5 Å². The molecule has 1 aromatic heterocycles. The molecule has 0 N–H and O–H groups in total. The fourth-order valence-electron chi connectivity index (χ4n) is 6.54. The lowest BCUT2D eigenvalue weighted by molar-refractivity contribution is 0.0266. The van der Waals surface area contributed by atoms with Gasteiger partial charge >= 0.3 is 6.09 Å². The predicted octanol–water partition coefficient (Wildman–Crippen LogP) is 7.33. The van der Waals surface area contributed by atoms with Gasteiger partial charge in [0.05, 0.1) is 5.69 Å². The van der Waals surface area contributed by atoms with E-state index in [0.717, 1.165) is 57.0 Å². The van der Waals surface area contributed by atoms with E-state index in [9.17, 15) is 4.79 Å². The van der Waals surface area contributed by atoms with Crippen molar-refractivity contribution in [1.29, 1.82) is 0 Å². The molecule has 0 atom stereocenters. The molecule has 1 aromatic carbocycles. The van der Waals surface area contributed by atoms with Gasteiger partial charge in [-0.3, -0.25) is 0 Å². The van der Waals surface area contributed by atoms with Crippen LogP contribution < -0.4 is 4.90 Å². The highest BCUT2D eigenvalue weighted by atomic mass is 16.6. The Morgan fingerprint density at radius 2 is 1.51 bits per heavy atom. The van der Waals surface area contributed by atoms with Crippen LogP contribution in [0.4, 0.5) is 10.6 Å². The molecular formula is C32H45N3O2. The number of amides is 1. The van der Waals surface area contributed by atoms with Crippen LogP contribution in [-0.4, -0.2) is 47.8 Å². The number of pyridine rings is 1. The second-order valence-corrected chi connectivity index (χ2v) is 14.0. The molecule has 1 aliphatic carbocycles. The number of aromatic nitrogens is 1. The van der Waals surface area contributed by atoms with Crippen molar-refractivity contribution < 1.29 is 9.53 Å². The monoisotopic (exact) mass is 503 g/mol. The van der Waals surface area contributed by atoms with E-state index in [-0.39, 0.29) is 22.3 Å². The minimum absolute atomic E-state index is 0.169. The molecule has 2 fully saturated rings. The SMILES string of the molecule is CC(C)(C)OC(=O)N1CCC2(CCN(c3cccc(-c4ccc5c(c4)C(C)(C)CCC5(C)C)n3)CC2)C1. The molecule has 0 saturated carbocycles. The molecule has 1 spiro atoms. The summed E-state index contributed by atoms with van der Waals surface area (Å²) in [6.07, 6.45) is 5.50. The summed E-state index contributed by atoms with van der Waals surface area (Å²) < 4.78 is 5.63. The van der Waals surface area contributed by atoms with E-state index < -0.39 is 5.60 Å². The Morgan fingerprint density at radius 1 is 0.865 bits per heavy atom. The number of rotatable bonds is 2. The third-order valence-corrected chi connectivity index (χ3v) is 9.12. The van der Waals surface area contributed by atoms with Crippen molar-refractivity contribution in [3.63, 3.8) is 0 Å². The molecule has 0 radical (unpaired) electrons. The molecule has 37 heavy (non-hydrogen) atoms. The molecule has 2 aromatic rings. The zero-order valence-corrected chi connectivity index (χ0v) is 24.0. The highest BCUT2D eigenvalue weighted by molar-refractivity contribution is 5.68. The van der Waals surface area contributed by atoms with Gasteiger partial charge in [0.2, 0.25) is 0 Å². The lowest BCUT2D eigenvalue weighted by Crippen LogP contribution is -2.43. The number of benzene rings is 1. The summed E-state index contributed by atoms with van der Waals surface area (Å²) in [5.41, 5.74) is 5.40. The number of likely N-dealkylation sites (tertiary alicyclic amines) is 1. The molecule has 5 nitrogen and oxygen atoms in total. The van der Waals surface area contributed by atoms with Gasteiger partial charge in [-0.15, -0.1) is 0 Å². The molecule has 3 heterocycles. The zero-order chi connectivity index (χ0) is 26.6. The highest BCUT2D eigenvalue weighted by Gasteiger charge is 2.43. The fourth-order valence-corrected chi connectivity index (χ4v) is 6.54. The third-order valence-electron chi connectivity index (χ3n) is 9.12. The van der Waals surface area contributed by atoms with Crippen LogP contribution in [0.1, 0.15) is 91.7 Å². The minimum atomic E-state index is -0.448. The van der Waals surface area contributed by atoms with Crippen LogP contribution in [0.25, 0.3) is 11.3 Å². The van der Waals surface area contributed by atoms with Gasteiger partial charge in [-0.05, 0) is 98.4 Å². The smallest absolute Gasteiger partial charge is 0.410 e. The molecule has 5 rings (SSSR count). The van der Waals surface area contributed by atoms with Crippen LogP contribution in [0.15, 0.2) is 36.4 Å². The van der Waals surface area contributed by atoms with E-state index in [1.807, 2.05) is 25.7 Å². The van der Waals surface area contributed by atoms with Crippen molar-refractivity contribution in [2.45, 2.75) is 97.0 Å². The van der Waals surface area contributed by atoms with Gasteiger partial charge in [-0.2, -0.15) is 0 Å². The molecule has 2 saturated heterocycles. The summed E-state index contributed by atoms with van der Waals surface area (Å²) in [7, 11) is 0. The van der Waals surface area contributed by atoms with E-state index >= 15 is 0 Å². The molecule has 3 aliphatic rings. The normalized spacial score (nSPS) is 22.1. The first-order valence-electron chi connectivity index (χ1n) is 14.1.